The summed E-state index contributed by atoms with van der Waals surface area (Å²) < 4.78 is 5.36. The maximum Gasteiger partial charge on any atom is 0.407 e. The zero-order chi connectivity index (χ0) is 22.6. The van der Waals surface area contributed by atoms with E-state index in [-0.39, 0.29) is 6.09 Å². The Morgan fingerprint density at radius 2 is 1.50 bits per heavy atom. The maximum atomic E-state index is 11.9. The van der Waals surface area contributed by atoms with E-state index in [1.165, 1.54) is 11.1 Å². The smallest absolute Gasteiger partial charge is 0.407 e. The minimum atomic E-state index is -0.444. The number of nitrogens with zero attached hydrogens (tertiary/aromatic N) is 2. The SMILES string of the molecule is CC(C)(C)OC(=O)NCC1CCN(C2CN(C(c3ccccc3)c3ccccc3)C2)CC1. The Morgan fingerprint density at radius 3 is 2.00 bits per heavy atom. The average molecular weight is 436 g/mol. The van der Waals surface area contributed by atoms with Crippen LogP contribution in [-0.2, 0) is 4.74 Å². The van der Waals surface area contributed by atoms with E-state index < -0.39 is 5.60 Å². The molecule has 2 aromatic rings. The molecule has 0 aromatic heterocycles. The molecule has 5 heteroatoms. The predicted octanol–water partition coefficient (Wildman–Crippen LogP) is 4.70. The largest absolute Gasteiger partial charge is 0.444 e. The van der Waals surface area contributed by atoms with E-state index in [1.807, 2.05) is 20.8 Å². The number of benzene rings is 2. The van der Waals surface area contributed by atoms with Gasteiger partial charge in [-0.3, -0.25) is 9.80 Å². The molecule has 2 aliphatic rings. The molecule has 5 nitrogen and oxygen atoms in total. The summed E-state index contributed by atoms with van der Waals surface area (Å²) >= 11 is 0. The van der Waals surface area contributed by atoms with Crippen LogP contribution in [0.5, 0.6) is 0 Å². The van der Waals surface area contributed by atoms with Gasteiger partial charge in [-0.1, -0.05) is 60.7 Å². The van der Waals surface area contributed by atoms with Gasteiger partial charge in [0.1, 0.15) is 5.60 Å². The van der Waals surface area contributed by atoms with E-state index in [2.05, 4.69) is 75.8 Å². The van der Waals surface area contributed by atoms with Gasteiger partial charge in [0.25, 0.3) is 0 Å². The zero-order valence-electron chi connectivity index (χ0n) is 19.7. The summed E-state index contributed by atoms with van der Waals surface area (Å²) in [5.41, 5.74) is 2.29. The number of hydrogen-bond acceptors (Lipinski definition) is 4. The van der Waals surface area contributed by atoms with Gasteiger partial charge in [-0.2, -0.15) is 0 Å². The van der Waals surface area contributed by atoms with Gasteiger partial charge in [0.2, 0.25) is 0 Å². The predicted molar refractivity (Wildman–Crippen MR) is 129 cm³/mol. The Hall–Kier alpha value is -2.37. The van der Waals surface area contributed by atoms with Crippen molar-refractivity contribution >= 4 is 6.09 Å². The minimum absolute atomic E-state index is 0.303. The van der Waals surface area contributed by atoms with Crippen molar-refractivity contribution in [1.82, 2.24) is 15.1 Å². The molecule has 2 aliphatic heterocycles. The van der Waals surface area contributed by atoms with E-state index in [4.69, 9.17) is 4.74 Å². The normalized spacial score (nSPS) is 19.0. The molecule has 0 spiro atoms. The Morgan fingerprint density at radius 1 is 0.969 bits per heavy atom. The molecule has 2 aromatic carbocycles. The second-order valence-corrected chi connectivity index (χ2v) is 10.2. The first-order chi connectivity index (χ1) is 15.4. The van der Waals surface area contributed by atoms with E-state index in [9.17, 15) is 4.79 Å². The summed E-state index contributed by atoms with van der Waals surface area (Å²) in [6.45, 7) is 10.8. The molecule has 32 heavy (non-hydrogen) atoms. The van der Waals surface area contributed by atoms with Crippen molar-refractivity contribution in [2.24, 2.45) is 5.92 Å². The molecule has 4 rings (SSSR count). The number of nitrogens with one attached hydrogen (secondary N) is 1. The quantitative estimate of drug-likeness (QED) is 0.715. The average Bonchev–Trinajstić information content (AvgIpc) is 2.75. The van der Waals surface area contributed by atoms with Crippen LogP contribution in [0.1, 0.15) is 50.8 Å². The lowest BCUT2D eigenvalue weighted by Crippen LogP contribution is -2.61. The molecule has 1 amide bonds. The van der Waals surface area contributed by atoms with E-state index in [0.717, 1.165) is 39.0 Å². The van der Waals surface area contributed by atoms with Gasteiger partial charge in [-0.15, -0.1) is 0 Å². The van der Waals surface area contributed by atoms with E-state index in [1.54, 1.807) is 0 Å². The second kappa shape index (κ2) is 10.1. The van der Waals surface area contributed by atoms with Gasteiger partial charge in [-0.05, 0) is 63.7 Å². The number of hydrogen-bond donors (Lipinski definition) is 1. The maximum absolute atomic E-state index is 11.9. The van der Waals surface area contributed by atoms with Crippen molar-refractivity contribution in [3.05, 3.63) is 71.8 Å². The summed E-state index contributed by atoms with van der Waals surface area (Å²) in [7, 11) is 0. The van der Waals surface area contributed by atoms with Crippen LogP contribution in [0.4, 0.5) is 4.79 Å². The van der Waals surface area contributed by atoms with Crippen LogP contribution >= 0.6 is 0 Å². The molecule has 2 heterocycles. The Kier molecular flexibility index (Phi) is 7.17. The molecule has 0 bridgehead atoms. The van der Waals surface area contributed by atoms with Crippen molar-refractivity contribution in [3.8, 4) is 0 Å². The third-order valence-corrected chi connectivity index (χ3v) is 6.59. The number of alkyl carbamates (subject to hydrolysis) is 1. The number of carbonyl (C=O) groups excluding carboxylic acids is 1. The van der Waals surface area contributed by atoms with Gasteiger partial charge in [-0.25, -0.2) is 4.79 Å². The first-order valence-corrected chi connectivity index (χ1v) is 11.9. The molecule has 2 fully saturated rings. The van der Waals surface area contributed by atoms with Gasteiger partial charge in [0, 0.05) is 25.7 Å². The fraction of sp³-hybridized carbons (Fsp3) is 0.519. The number of likely N-dealkylation sites (tertiary alicyclic amines) is 2. The monoisotopic (exact) mass is 435 g/mol. The fourth-order valence-corrected chi connectivity index (χ4v) is 4.88. The molecular weight excluding hydrogens is 398 g/mol. The number of piperidine rings is 1. The van der Waals surface area contributed by atoms with Crippen molar-refractivity contribution in [2.45, 2.75) is 51.3 Å². The lowest BCUT2D eigenvalue weighted by atomic mass is 9.90. The number of amides is 1. The molecule has 1 N–H and O–H groups in total. The van der Waals surface area contributed by atoms with Crippen molar-refractivity contribution < 1.29 is 9.53 Å². The highest BCUT2D eigenvalue weighted by molar-refractivity contribution is 5.67. The molecular formula is C27H37N3O2. The molecule has 2 saturated heterocycles. The first kappa shape index (κ1) is 22.8. The Labute approximate surface area is 192 Å². The summed E-state index contributed by atoms with van der Waals surface area (Å²) in [5, 5.41) is 2.95. The summed E-state index contributed by atoms with van der Waals surface area (Å²) in [6, 6.07) is 22.7. The van der Waals surface area contributed by atoms with Gasteiger partial charge in [0.05, 0.1) is 6.04 Å². The Bertz CT molecular complexity index is 812. The van der Waals surface area contributed by atoms with Crippen LogP contribution in [0, 0.1) is 5.92 Å². The van der Waals surface area contributed by atoms with Crippen molar-refractivity contribution in [1.29, 1.82) is 0 Å². The van der Waals surface area contributed by atoms with Crippen LogP contribution in [0.15, 0.2) is 60.7 Å². The highest BCUT2D eigenvalue weighted by Crippen LogP contribution is 2.34. The van der Waals surface area contributed by atoms with Crippen LogP contribution in [0.25, 0.3) is 0 Å². The first-order valence-electron chi connectivity index (χ1n) is 11.9. The third-order valence-electron chi connectivity index (χ3n) is 6.59. The number of rotatable bonds is 6. The topological polar surface area (TPSA) is 44.8 Å². The highest BCUT2D eigenvalue weighted by atomic mass is 16.6. The molecule has 0 unspecified atom stereocenters. The number of carbonyl (C=O) groups is 1. The van der Waals surface area contributed by atoms with E-state index >= 15 is 0 Å². The summed E-state index contributed by atoms with van der Waals surface area (Å²) in [6.07, 6.45) is 1.96. The second-order valence-electron chi connectivity index (χ2n) is 10.2. The lowest BCUT2D eigenvalue weighted by Gasteiger charge is -2.50. The summed E-state index contributed by atoms with van der Waals surface area (Å²) in [5.74, 6) is 0.538. The standard InChI is InChI=1S/C27H37N3O2/c1-27(2,3)32-26(31)28-18-21-14-16-29(17-15-21)24-19-30(20-24)25(22-10-6-4-7-11-22)23-12-8-5-9-13-23/h4-13,21,24-25H,14-20H2,1-3H3,(H,28,31). The van der Waals surface area contributed by atoms with Crippen LogP contribution in [-0.4, -0.2) is 60.3 Å². The molecule has 172 valence electrons. The van der Waals surface area contributed by atoms with Gasteiger partial charge < -0.3 is 10.1 Å². The lowest BCUT2D eigenvalue weighted by molar-refractivity contribution is -0.00226. The molecule has 0 aliphatic carbocycles. The van der Waals surface area contributed by atoms with Crippen LogP contribution in [0.3, 0.4) is 0 Å². The fourth-order valence-electron chi connectivity index (χ4n) is 4.88. The zero-order valence-corrected chi connectivity index (χ0v) is 19.7. The molecule has 0 saturated carbocycles. The highest BCUT2D eigenvalue weighted by Gasteiger charge is 2.38. The summed E-state index contributed by atoms with van der Waals surface area (Å²) in [4.78, 5) is 17.2. The molecule has 0 atom stereocenters. The van der Waals surface area contributed by atoms with Crippen molar-refractivity contribution in [2.75, 3.05) is 32.7 Å². The van der Waals surface area contributed by atoms with Crippen molar-refractivity contribution in [3.63, 3.8) is 0 Å². The van der Waals surface area contributed by atoms with Crippen LogP contribution < -0.4 is 5.32 Å². The van der Waals surface area contributed by atoms with Gasteiger partial charge in [0.15, 0.2) is 0 Å². The molecule has 0 radical (unpaired) electrons. The van der Waals surface area contributed by atoms with Gasteiger partial charge >= 0.3 is 6.09 Å². The Balaban J connectivity index is 1.26. The van der Waals surface area contributed by atoms with E-state index in [0.29, 0.717) is 24.5 Å². The van der Waals surface area contributed by atoms with Crippen LogP contribution in [0.2, 0.25) is 0 Å². The third kappa shape index (κ3) is 5.90. The minimum Gasteiger partial charge on any atom is -0.444 e. The number of ether oxygens (including phenoxy) is 1.